The van der Waals surface area contributed by atoms with Crippen LogP contribution in [0, 0.1) is 5.92 Å². The third-order valence-corrected chi connectivity index (χ3v) is 5.00. The Morgan fingerprint density at radius 1 is 1.04 bits per heavy atom. The van der Waals surface area contributed by atoms with Gasteiger partial charge in [-0.15, -0.1) is 0 Å². The van der Waals surface area contributed by atoms with Crippen molar-refractivity contribution in [2.45, 2.75) is 12.5 Å². The van der Waals surface area contributed by atoms with Crippen LogP contribution < -0.4 is 19.5 Å². The van der Waals surface area contributed by atoms with Crippen molar-refractivity contribution in [2.24, 2.45) is 5.92 Å². The summed E-state index contributed by atoms with van der Waals surface area (Å²) in [5, 5.41) is 2.89. The number of methoxy groups -OCH3 is 3. The van der Waals surface area contributed by atoms with Crippen molar-refractivity contribution in [2.75, 3.05) is 33.7 Å². The van der Waals surface area contributed by atoms with Gasteiger partial charge in [0.15, 0.2) is 11.5 Å². The zero-order valence-corrected chi connectivity index (χ0v) is 16.4. The highest BCUT2D eigenvalue weighted by atomic mass is 16.5. The van der Waals surface area contributed by atoms with Crippen LogP contribution in [0.5, 0.6) is 17.2 Å². The minimum Gasteiger partial charge on any atom is -0.493 e. The molecule has 1 fully saturated rings. The molecule has 148 valence electrons. The number of benzene rings is 2. The Hall–Kier alpha value is -3.22. The first-order valence-corrected chi connectivity index (χ1v) is 8.91. The summed E-state index contributed by atoms with van der Waals surface area (Å²) in [5.41, 5.74) is 1.44. The summed E-state index contributed by atoms with van der Waals surface area (Å²) in [7, 11) is 6.27. The molecule has 28 heavy (non-hydrogen) atoms. The molecule has 2 aromatic rings. The Morgan fingerprint density at radius 2 is 1.64 bits per heavy atom. The molecule has 7 heteroatoms. The van der Waals surface area contributed by atoms with Crippen molar-refractivity contribution in [3.63, 3.8) is 0 Å². The average Bonchev–Trinajstić information content (AvgIpc) is 3.02. The molecule has 0 radical (unpaired) electrons. The first-order valence-electron chi connectivity index (χ1n) is 8.91. The van der Waals surface area contributed by atoms with Gasteiger partial charge >= 0.3 is 0 Å². The van der Waals surface area contributed by atoms with E-state index in [0.29, 0.717) is 22.9 Å². The van der Waals surface area contributed by atoms with E-state index in [1.54, 1.807) is 24.1 Å². The topological polar surface area (TPSA) is 77.1 Å². The number of rotatable bonds is 6. The third-order valence-electron chi connectivity index (χ3n) is 5.00. The van der Waals surface area contributed by atoms with Gasteiger partial charge in [0.1, 0.15) is 0 Å². The summed E-state index contributed by atoms with van der Waals surface area (Å²) < 4.78 is 16.0. The molecule has 1 aliphatic heterocycles. The van der Waals surface area contributed by atoms with Crippen LogP contribution in [0.2, 0.25) is 0 Å². The van der Waals surface area contributed by atoms with Crippen LogP contribution in [-0.2, 0) is 9.59 Å². The smallest absolute Gasteiger partial charge is 0.230 e. The quantitative estimate of drug-likeness (QED) is 0.829. The van der Waals surface area contributed by atoms with Gasteiger partial charge in [-0.1, -0.05) is 30.3 Å². The van der Waals surface area contributed by atoms with E-state index in [4.69, 9.17) is 14.2 Å². The van der Waals surface area contributed by atoms with E-state index in [9.17, 15) is 9.59 Å². The van der Waals surface area contributed by atoms with Crippen LogP contribution in [0.3, 0.4) is 0 Å². The number of likely N-dealkylation sites (tertiary alicyclic amines) is 1. The van der Waals surface area contributed by atoms with E-state index >= 15 is 0 Å². The van der Waals surface area contributed by atoms with Gasteiger partial charge in [-0.3, -0.25) is 9.59 Å². The lowest BCUT2D eigenvalue weighted by Gasteiger charge is -2.25. The zero-order chi connectivity index (χ0) is 20.3. The molecule has 2 atom stereocenters. The maximum Gasteiger partial charge on any atom is 0.230 e. The summed E-state index contributed by atoms with van der Waals surface area (Å²) in [4.78, 5) is 27.0. The maximum atomic E-state index is 13.0. The highest BCUT2D eigenvalue weighted by molar-refractivity contribution is 5.98. The van der Waals surface area contributed by atoms with E-state index in [1.165, 1.54) is 21.3 Å². The minimum atomic E-state index is -0.501. The molecule has 0 spiro atoms. The van der Waals surface area contributed by atoms with Crippen LogP contribution in [-0.4, -0.2) is 45.1 Å². The summed E-state index contributed by atoms with van der Waals surface area (Å²) >= 11 is 0. The normalized spacial score (nSPS) is 18.7. The molecular weight excluding hydrogens is 360 g/mol. The van der Waals surface area contributed by atoms with Crippen molar-refractivity contribution in [1.29, 1.82) is 0 Å². The van der Waals surface area contributed by atoms with Crippen LogP contribution in [0.15, 0.2) is 42.5 Å². The Balaban J connectivity index is 1.89. The second kappa shape index (κ2) is 8.21. The highest BCUT2D eigenvalue weighted by Crippen LogP contribution is 2.41. The predicted molar refractivity (Wildman–Crippen MR) is 105 cm³/mol. The first-order chi connectivity index (χ1) is 13.5. The summed E-state index contributed by atoms with van der Waals surface area (Å²) in [6, 6.07) is 12.6. The maximum absolute atomic E-state index is 13.0. The highest BCUT2D eigenvalue weighted by Gasteiger charge is 2.42. The fourth-order valence-electron chi connectivity index (χ4n) is 3.60. The van der Waals surface area contributed by atoms with Gasteiger partial charge in [-0.25, -0.2) is 0 Å². The monoisotopic (exact) mass is 384 g/mol. The van der Waals surface area contributed by atoms with Crippen LogP contribution in [0.4, 0.5) is 5.69 Å². The number of anilines is 1. The van der Waals surface area contributed by atoms with Gasteiger partial charge in [-0.05, 0) is 5.56 Å². The Morgan fingerprint density at radius 3 is 2.18 bits per heavy atom. The van der Waals surface area contributed by atoms with E-state index in [1.807, 2.05) is 30.3 Å². The van der Waals surface area contributed by atoms with E-state index in [2.05, 4.69) is 5.32 Å². The largest absolute Gasteiger partial charge is 0.493 e. The molecule has 1 saturated heterocycles. The molecular formula is C21H24N2O5. The molecule has 1 aliphatic rings. The van der Waals surface area contributed by atoms with E-state index in [0.717, 1.165) is 5.56 Å². The van der Waals surface area contributed by atoms with Gasteiger partial charge in [0.05, 0.1) is 33.3 Å². The SMILES string of the molecule is COc1cc(NC(=O)[C@@H]2CC(=O)N(C)[C@@H]2c2ccccc2)cc(OC)c1OC. The lowest BCUT2D eigenvalue weighted by atomic mass is 9.93. The van der Waals surface area contributed by atoms with Crippen molar-refractivity contribution < 1.29 is 23.8 Å². The lowest BCUT2D eigenvalue weighted by Crippen LogP contribution is -2.30. The molecule has 1 N–H and O–H groups in total. The van der Waals surface area contributed by atoms with Crippen LogP contribution in [0.25, 0.3) is 0 Å². The molecule has 7 nitrogen and oxygen atoms in total. The van der Waals surface area contributed by atoms with Gasteiger partial charge in [0, 0.05) is 31.3 Å². The number of nitrogens with zero attached hydrogens (tertiary/aromatic N) is 1. The first kappa shape index (κ1) is 19.5. The number of amides is 2. The van der Waals surface area contributed by atoms with Gasteiger partial charge in [0.2, 0.25) is 17.6 Å². The second-order valence-electron chi connectivity index (χ2n) is 6.57. The van der Waals surface area contributed by atoms with E-state index < -0.39 is 5.92 Å². The molecule has 0 unspecified atom stereocenters. The van der Waals surface area contributed by atoms with Gasteiger partial charge in [0.25, 0.3) is 0 Å². The number of hydrogen-bond acceptors (Lipinski definition) is 5. The minimum absolute atomic E-state index is 0.0566. The molecule has 2 amide bonds. The molecule has 3 rings (SSSR count). The van der Waals surface area contributed by atoms with Crippen molar-refractivity contribution >= 4 is 17.5 Å². The Kier molecular flexibility index (Phi) is 5.73. The second-order valence-corrected chi connectivity index (χ2v) is 6.57. The third kappa shape index (κ3) is 3.60. The Bertz CT molecular complexity index is 843. The molecule has 0 bridgehead atoms. The zero-order valence-electron chi connectivity index (χ0n) is 16.4. The van der Waals surface area contributed by atoms with E-state index in [-0.39, 0.29) is 24.3 Å². The summed E-state index contributed by atoms with van der Waals surface area (Å²) in [6.45, 7) is 0. The number of hydrogen-bond donors (Lipinski definition) is 1. The number of nitrogens with one attached hydrogen (secondary N) is 1. The fraction of sp³-hybridized carbons (Fsp3) is 0.333. The van der Waals surface area contributed by atoms with Crippen molar-refractivity contribution in [1.82, 2.24) is 4.90 Å². The van der Waals surface area contributed by atoms with Gasteiger partial charge in [-0.2, -0.15) is 0 Å². The fourth-order valence-corrected chi connectivity index (χ4v) is 3.60. The predicted octanol–water partition coefficient (Wildman–Crippen LogP) is 2.87. The van der Waals surface area contributed by atoms with Crippen molar-refractivity contribution in [3.8, 4) is 17.2 Å². The van der Waals surface area contributed by atoms with Crippen LogP contribution in [0.1, 0.15) is 18.0 Å². The Labute approximate surface area is 164 Å². The molecule has 1 heterocycles. The van der Waals surface area contributed by atoms with Crippen molar-refractivity contribution in [3.05, 3.63) is 48.0 Å². The summed E-state index contributed by atoms with van der Waals surface area (Å²) in [5.74, 6) is 0.535. The molecule has 0 saturated carbocycles. The molecule has 0 aromatic heterocycles. The standard InChI is InChI=1S/C21H24N2O5/c1-23-18(24)12-15(19(23)13-8-6-5-7-9-13)21(25)22-14-10-16(26-2)20(28-4)17(11-14)27-3/h5-11,15,19H,12H2,1-4H3,(H,22,25)/t15-,19-/m1/s1. The van der Waals surface area contributed by atoms with Gasteiger partial charge < -0.3 is 24.4 Å². The molecule has 0 aliphatic carbocycles. The lowest BCUT2D eigenvalue weighted by molar-refractivity contribution is -0.127. The number of carbonyl (C=O) groups is 2. The summed E-state index contributed by atoms with van der Waals surface area (Å²) in [6.07, 6.45) is 0.159. The molecule has 2 aromatic carbocycles. The number of carbonyl (C=O) groups excluding carboxylic acids is 2. The average molecular weight is 384 g/mol. The number of ether oxygens (including phenoxy) is 3. The van der Waals surface area contributed by atoms with Crippen LogP contribution >= 0.6 is 0 Å².